The zero-order valence-electron chi connectivity index (χ0n) is 20.0. The molecule has 11 nitrogen and oxygen atoms in total. The van der Waals surface area contributed by atoms with Crippen LogP contribution in [-0.2, 0) is 30.4 Å². The zero-order chi connectivity index (χ0) is 26.1. The van der Waals surface area contributed by atoms with Gasteiger partial charge in [0, 0.05) is 19.4 Å². The lowest BCUT2D eigenvalue weighted by atomic mass is 10.0. The van der Waals surface area contributed by atoms with Crippen LogP contribution in [0.3, 0.4) is 0 Å². The van der Waals surface area contributed by atoms with Gasteiger partial charge in [0.15, 0.2) is 0 Å². The first kappa shape index (κ1) is 27.8. The smallest absolute Gasteiger partial charge is 0.326 e. The lowest BCUT2D eigenvalue weighted by molar-refractivity contribution is -0.145. The molecule has 1 fully saturated rings. The first-order valence-corrected chi connectivity index (χ1v) is 11.7. The van der Waals surface area contributed by atoms with E-state index in [0.717, 1.165) is 5.56 Å². The van der Waals surface area contributed by atoms with Crippen molar-refractivity contribution >= 4 is 29.7 Å². The molecule has 1 heterocycles. The standard InChI is InChI=1S/C24H34N4O7/c1-14(2)20(25)22(32)27-17(13-15-7-4-3-5-8-15)23(33)28-12-6-9-18(28)21(31)26-16(24(34)35)10-11-19(29)30/h3-5,7-8,14,16-18,20H,6,9-13,25H2,1-2H3,(H,26,31)(H,27,32)(H,29,30)(H,34,35). The van der Waals surface area contributed by atoms with Crippen molar-refractivity contribution in [1.82, 2.24) is 15.5 Å². The number of carboxylic acid groups (broad SMARTS) is 2. The summed E-state index contributed by atoms with van der Waals surface area (Å²) in [4.78, 5) is 62.7. The van der Waals surface area contributed by atoms with Crippen LogP contribution in [0.25, 0.3) is 0 Å². The number of benzene rings is 1. The van der Waals surface area contributed by atoms with E-state index in [-0.39, 0.29) is 25.3 Å². The Morgan fingerprint density at radius 1 is 1.06 bits per heavy atom. The third kappa shape index (κ3) is 8.06. The molecule has 1 aliphatic rings. The molecular formula is C24H34N4O7. The Balaban J connectivity index is 2.19. The molecule has 1 aromatic carbocycles. The fourth-order valence-electron chi connectivity index (χ4n) is 3.92. The second-order valence-corrected chi connectivity index (χ2v) is 9.04. The van der Waals surface area contributed by atoms with Crippen LogP contribution in [0.1, 0.15) is 45.1 Å². The van der Waals surface area contributed by atoms with E-state index in [4.69, 9.17) is 10.8 Å². The monoisotopic (exact) mass is 490 g/mol. The molecule has 11 heteroatoms. The van der Waals surface area contributed by atoms with Gasteiger partial charge in [-0.15, -0.1) is 0 Å². The number of nitrogens with zero attached hydrogens (tertiary/aromatic N) is 1. The summed E-state index contributed by atoms with van der Waals surface area (Å²) in [6, 6.07) is 5.00. The van der Waals surface area contributed by atoms with Gasteiger partial charge in [0.2, 0.25) is 17.7 Å². The van der Waals surface area contributed by atoms with Crippen LogP contribution in [0.15, 0.2) is 30.3 Å². The van der Waals surface area contributed by atoms with Crippen LogP contribution in [0.4, 0.5) is 0 Å². The van der Waals surface area contributed by atoms with Gasteiger partial charge in [-0.05, 0) is 30.7 Å². The molecule has 0 saturated carbocycles. The molecule has 192 valence electrons. The van der Waals surface area contributed by atoms with Crippen molar-refractivity contribution in [3.8, 4) is 0 Å². The highest BCUT2D eigenvalue weighted by Crippen LogP contribution is 2.20. The van der Waals surface area contributed by atoms with Crippen molar-refractivity contribution in [3.05, 3.63) is 35.9 Å². The van der Waals surface area contributed by atoms with E-state index in [0.29, 0.717) is 12.8 Å². The second-order valence-electron chi connectivity index (χ2n) is 9.04. The first-order valence-electron chi connectivity index (χ1n) is 11.7. The number of likely N-dealkylation sites (tertiary alicyclic amines) is 1. The van der Waals surface area contributed by atoms with Crippen LogP contribution in [0.5, 0.6) is 0 Å². The number of nitrogens with two attached hydrogens (primary N) is 1. The number of hydrogen-bond donors (Lipinski definition) is 5. The molecule has 1 aliphatic heterocycles. The number of aliphatic carboxylic acids is 2. The molecule has 3 amide bonds. The Hall–Kier alpha value is -3.47. The topological polar surface area (TPSA) is 179 Å². The average molecular weight is 491 g/mol. The van der Waals surface area contributed by atoms with Crippen molar-refractivity contribution in [2.24, 2.45) is 11.7 Å². The van der Waals surface area contributed by atoms with Gasteiger partial charge in [-0.2, -0.15) is 0 Å². The third-order valence-corrected chi connectivity index (χ3v) is 6.02. The minimum Gasteiger partial charge on any atom is -0.481 e. The summed E-state index contributed by atoms with van der Waals surface area (Å²) in [5.41, 5.74) is 6.77. The quantitative estimate of drug-likeness (QED) is 0.274. The third-order valence-electron chi connectivity index (χ3n) is 6.02. The molecular weight excluding hydrogens is 456 g/mol. The molecule has 0 aliphatic carbocycles. The predicted molar refractivity (Wildman–Crippen MR) is 126 cm³/mol. The van der Waals surface area contributed by atoms with Gasteiger partial charge in [0.1, 0.15) is 18.1 Å². The van der Waals surface area contributed by atoms with Crippen molar-refractivity contribution in [2.75, 3.05) is 6.54 Å². The molecule has 0 aromatic heterocycles. The predicted octanol–water partition coefficient (Wildman–Crippen LogP) is 0.122. The Bertz CT molecular complexity index is 922. The number of carboxylic acids is 2. The molecule has 6 N–H and O–H groups in total. The van der Waals surface area contributed by atoms with Crippen LogP contribution >= 0.6 is 0 Å². The van der Waals surface area contributed by atoms with Gasteiger partial charge < -0.3 is 31.5 Å². The highest BCUT2D eigenvalue weighted by Gasteiger charge is 2.39. The van der Waals surface area contributed by atoms with Crippen LogP contribution < -0.4 is 16.4 Å². The maximum atomic E-state index is 13.5. The van der Waals surface area contributed by atoms with Gasteiger partial charge in [-0.25, -0.2) is 4.79 Å². The molecule has 35 heavy (non-hydrogen) atoms. The van der Waals surface area contributed by atoms with E-state index in [9.17, 15) is 29.1 Å². The molecule has 4 atom stereocenters. The Morgan fingerprint density at radius 2 is 1.71 bits per heavy atom. The van der Waals surface area contributed by atoms with Crippen LogP contribution in [0, 0.1) is 5.92 Å². The van der Waals surface area contributed by atoms with Crippen molar-refractivity contribution in [2.45, 2.75) is 70.1 Å². The lowest BCUT2D eigenvalue weighted by Crippen LogP contribution is -2.57. The van der Waals surface area contributed by atoms with Crippen molar-refractivity contribution in [3.63, 3.8) is 0 Å². The second kappa shape index (κ2) is 12.8. The summed E-state index contributed by atoms with van der Waals surface area (Å²) in [5.74, 6) is -4.29. The Labute approximate surface area is 204 Å². The van der Waals surface area contributed by atoms with Gasteiger partial charge in [0.05, 0.1) is 6.04 Å². The number of carbonyl (C=O) groups excluding carboxylic acids is 3. The van der Waals surface area contributed by atoms with Crippen molar-refractivity contribution in [1.29, 1.82) is 0 Å². The largest absolute Gasteiger partial charge is 0.481 e. The van der Waals surface area contributed by atoms with Gasteiger partial charge >= 0.3 is 11.9 Å². The van der Waals surface area contributed by atoms with Crippen LogP contribution in [0.2, 0.25) is 0 Å². The minimum absolute atomic E-state index is 0.147. The number of nitrogens with one attached hydrogen (secondary N) is 2. The van der Waals surface area contributed by atoms with E-state index in [1.54, 1.807) is 13.8 Å². The van der Waals surface area contributed by atoms with Gasteiger partial charge in [-0.1, -0.05) is 44.2 Å². The Morgan fingerprint density at radius 3 is 2.29 bits per heavy atom. The summed E-state index contributed by atoms with van der Waals surface area (Å²) in [6.45, 7) is 3.85. The normalized spacial score (nSPS) is 17.9. The molecule has 0 radical (unpaired) electrons. The average Bonchev–Trinajstić information content (AvgIpc) is 3.30. The maximum Gasteiger partial charge on any atom is 0.326 e. The fourth-order valence-corrected chi connectivity index (χ4v) is 3.92. The van der Waals surface area contributed by atoms with E-state index in [2.05, 4.69) is 10.6 Å². The fraction of sp³-hybridized carbons (Fsp3) is 0.542. The minimum atomic E-state index is -1.39. The summed E-state index contributed by atoms with van der Waals surface area (Å²) in [6.07, 6.45) is 0.328. The lowest BCUT2D eigenvalue weighted by Gasteiger charge is -2.30. The maximum absolute atomic E-state index is 13.5. The number of hydrogen-bond acceptors (Lipinski definition) is 6. The molecule has 0 bridgehead atoms. The van der Waals surface area contributed by atoms with E-state index in [1.807, 2.05) is 30.3 Å². The molecule has 0 spiro atoms. The van der Waals surface area contributed by atoms with E-state index in [1.165, 1.54) is 4.90 Å². The SMILES string of the molecule is CC(C)C(N)C(=O)NC(Cc1ccccc1)C(=O)N1CCCC1C(=O)NC(CCC(=O)O)C(=O)O. The molecule has 4 unspecified atom stereocenters. The molecule has 1 saturated heterocycles. The Kier molecular flexibility index (Phi) is 10.2. The van der Waals surface area contributed by atoms with Gasteiger partial charge in [-0.3, -0.25) is 19.2 Å². The summed E-state index contributed by atoms with van der Waals surface area (Å²) in [7, 11) is 0. The van der Waals surface area contributed by atoms with Crippen molar-refractivity contribution < 1.29 is 34.2 Å². The highest BCUT2D eigenvalue weighted by molar-refractivity contribution is 5.94. The van der Waals surface area contributed by atoms with Gasteiger partial charge in [0.25, 0.3) is 0 Å². The first-order chi connectivity index (χ1) is 16.5. The highest BCUT2D eigenvalue weighted by atomic mass is 16.4. The summed E-state index contributed by atoms with van der Waals surface area (Å²) >= 11 is 0. The summed E-state index contributed by atoms with van der Waals surface area (Å²) < 4.78 is 0. The number of carbonyl (C=O) groups is 5. The van der Waals surface area contributed by atoms with E-state index >= 15 is 0 Å². The number of rotatable bonds is 12. The number of amides is 3. The van der Waals surface area contributed by atoms with Crippen LogP contribution in [-0.4, -0.2) is 75.5 Å². The molecule has 2 rings (SSSR count). The van der Waals surface area contributed by atoms with E-state index < -0.39 is 60.2 Å². The summed E-state index contributed by atoms with van der Waals surface area (Å²) in [5, 5.41) is 23.3. The molecule has 1 aromatic rings. The zero-order valence-corrected chi connectivity index (χ0v) is 20.0.